The molecule has 3 heteroatoms. The average Bonchev–Trinajstić information content (AvgIpc) is 2.55. The molecule has 3 saturated heterocycles. The van der Waals surface area contributed by atoms with E-state index in [1.807, 2.05) is 0 Å². The van der Waals surface area contributed by atoms with Gasteiger partial charge in [0.1, 0.15) is 0 Å². The van der Waals surface area contributed by atoms with Crippen molar-refractivity contribution in [3.8, 4) is 0 Å². The van der Waals surface area contributed by atoms with Crippen LogP contribution < -0.4 is 5.32 Å². The Morgan fingerprint density at radius 2 is 1.81 bits per heavy atom. The summed E-state index contributed by atoms with van der Waals surface area (Å²) in [6, 6.07) is 1.46. The highest BCUT2D eigenvalue weighted by molar-refractivity contribution is 4.95. The predicted octanol–water partition coefficient (Wildman–Crippen LogP) is 2.96. The number of fused-ring (bicyclic) bond motifs is 3. The summed E-state index contributed by atoms with van der Waals surface area (Å²) in [7, 11) is 0. The topological polar surface area (TPSA) is 18.5 Å². The lowest BCUT2D eigenvalue weighted by Crippen LogP contribution is -2.66. The summed E-state index contributed by atoms with van der Waals surface area (Å²) in [6.45, 7) is 14.6. The van der Waals surface area contributed by atoms with Crippen molar-refractivity contribution in [2.75, 3.05) is 39.3 Å². The number of rotatable bonds is 10. The smallest absolute Gasteiger partial charge is 0.0377 e. The van der Waals surface area contributed by atoms with Gasteiger partial charge < -0.3 is 5.32 Å². The normalized spacial score (nSPS) is 31.3. The number of nitrogens with zero attached hydrogens (tertiary/aromatic N) is 2. The van der Waals surface area contributed by atoms with Crippen molar-refractivity contribution in [1.82, 2.24) is 15.1 Å². The molecule has 0 aromatic carbocycles. The highest BCUT2D eigenvalue weighted by atomic mass is 15.4. The summed E-state index contributed by atoms with van der Waals surface area (Å²) in [5, 5.41) is 3.90. The van der Waals surface area contributed by atoms with Gasteiger partial charge in [-0.1, -0.05) is 46.5 Å². The molecule has 0 radical (unpaired) electrons. The maximum absolute atomic E-state index is 3.90. The Labute approximate surface area is 132 Å². The van der Waals surface area contributed by atoms with Crippen LogP contribution in [0.1, 0.15) is 59.3 Å². The molecule has 0 aromatic rings. The maximum Gasteiger partial charge on any atom is 0.0377 e. The van der Waals surface area contributed by atoms with Crippen molar-refractivity contribution < 1.29 is 0 Å². The van der Waals surface area contributed by atoms with Gasteiger partial charge in [0.2, 0.25) is 0 Å². The first-order valence-corrected chi connectivity index (χ1v) is 9.48. The molecular weight excluding hydrogens is 258 g/mol. The number of unbranched alkanes of at least 4 members (excludes halogenated alkanes) is 1. The molecule has 3 heterocycles. The van der Waals surface area contributed by atoms with Gasteiger partial charge in [-0.05, 0) is 25.3 Å². The molecule has 0 aliphatic carbocycles. The Morgan fingerprint density at radius 3 is 2.33 bits per heavy atom. The quantitative estimate of drug-likeness (QED) is 0.668. The van der Waals surface area contributed by atoms with Gasteiger partial charge in [0.05, 0.1) is 0 Å². The predicted molar refractivity (Wildman–Crippen MR) is 91.8 cm³/mol. The molecule has 3 rings (SSSR count). The van der Waals surface area contributed by atoms with E-state index in [0.717, 1.165) is 12.0 Å². The molecule has 21 heavy (non-hydrogen) atoms. The van der Waals surface area contributed by atoms with Gasteiger partial charge in [0.25, 0.3) is 0 Å². The summed E-state index contributed by atoms with van der Waals surface area (Å²) >= 11 is 0. The van der Waals surface area contributed by atoms with Gasteiger partial charge in [-0.3, -0.25) is 9.80 Å². The van der Waals surface area contributed by atoms with Crippen LogP contribution in [0, 0.1) is 5.92 Å². The van der Waals surface area contributed by atoms with Gasteiger partial charge >= 0.3 is 0 Å². The maximum atomic E-state index is 3.90. The minimum Gasteiger partial charge on any atom is -0.312 e. The zero-order valence-corrected chi connectivity index (χ0v) is 14.6. The first-order valence-electron chi connectivity index (χ1n) is 9.48. The number of hydrogen-bond donors (Lipinski definition) is 1. The van der Waals surface area contributed by atoms with Crippen LogP contribution in [0.2, 0.25) is 0 Å². The van der Waals surface area contributed by atoms with Gasteiger partial charge in [0.15, 0.2) is 0 Å². The Morgan fingerprint density at radius 1 is 1.05 bits per heavy atom. The van der Waals surface area contributed by atoms with Gasteiger partial charge in [-0.25, -0.2) is 0 Å². The van der Waals surface area contributed by atoms with E-state index in [4.69, 9.17) is 0 Å². The van der Waals surface area contributed by atoms with E-state index >= 15 is 0 Å². The summed E-state index contributed by atoms with van der Waals surface area (Å²) in [5.74, 6) is 0.913. The van der Waals surface area contributed by atoms with Gasteiger partial charge in [-0.15, -0.1) is 0 Å². The van der Waals surface area contributed by atoms with Crippen molar-refractivity contribution >= 4 is 0 Å². The highest BCUT2D eigenvalue weighted by Gasteiger charge is 2.36. The summed E-state index contributed by atoms with van der Waals surface area (Å²) in [5.41, 5.74) is 0. The van der Waals surface area contributed by atoms with E-state index in [1.165, 1.54) is 77.8 Å². The van der Waals surface area contributed by atoms with Crippen LogP contribution in [0.5, 0.6) is 0 Å². The van der Waals surface area contributed by atoms with Crippen LogP contribution >= 0.6 is 0 Å². The SMILES string of the molecule is CCCCC(CC)CC(NCCC)C1CN2CCN1CC2. The minimum atomic E-state index is 0.704. The van der Waals surface area contributed by atoms with E-state index in [0.29, 0.717) is 6.04 Å². The Kier molecular flexibility index (Phi) is 7.48. The second kappa shape index (κ2) is 9.12. The fourth-order valence-corrected chi connectivity index (χ4v) is 4.09. The van der Waals surface area contributed by atoms with E-state index in [1.54, 1.807) is 0 Å². The average molecular weight is 296 g/mol. The first-order chi connectivity index (χ1) is 10.3. The van der Waals surface area contributed by atoms with E-state index in [9.17, 15) is 0 Å². The standard InChI is InChI=1S/C18H37N3/c1-4-7-8-16(6-3)14-17(19-9-5-2)18-15-20-10-12-21(18)13-11-20/h16-19H,4-15H2,1-3H3. The van der Waals surface area contributed by atoms with Gasteiger partial charge in [-0.2, -0.15) is 0 Å². The third-order valence-corrected chi connectivity index (χ3v) is 5.57. The Bertz CT molecular complexity index is 274. The minimum absolute atomic E-state index is 0.704. The van der Waals surface area contributed by atoms with Crippen LogP contribution in [-0.2, 0) is 0 Å². The second-order valence-corrected chi connectivity index (χ2v) is 7.12. The van der Waals surface area contributed by atoms with Crippen LogP contribution in [0.4, 0.5) is 0 Å². The molecule has 3 atom stereocenters. The molecule has 0 amide bonds. The molecule has 0 saturated carbocycles. The lowest BCUT2D eigenvalue weighted by Gasteiger charge is -2.50. The summed E-state index contributed by atoms with van der Waals surface area (Å²) < 4.78 is 0. The molecule has 3 aliphatic rings. The van der Waals surface area contributed by atoms with Crippen molar-refractivity contribution in [2.45, 2.75) is 71.4 Å². The van der Waals surface area contributed by atoms with E-state index in [2.05, 4.69) is 35.9 Å². The number of piperazine rings is 3. The molecule has 3 nitrogen and oxygen atoms in total. The fraction of sp³-hybridized carbons (Fsp3) is 1.00. The molecule has 0 spiro atoms. The number of hydrogen-bond acceptors (Lipinski definition) is 3. The largest absolute Gasteiger partial charge is 0.312 e. The van der Waals surface area contributed by atoms with Crippen molar-refractivity contribution in [3.05, 3.63) is 0 Å². The van der Waals surface area contributed by atoms with E-state index < -0.39 is 0 Å². The zero-order chi connectivity index (χ0) is 15.1. The zero-order valence-electron chi connectivity index (χ0n) is 14.6. The van der Waals surface area contributed by atoms with Crippen LogP contribution in [0.25, 0.3) is 0 Å². The fourth-order valence-electron chi connectivity index (χ4n) is 4.09. The molecule has 124 valence electrons. The van der Waals surface area contributed by atoms with Crippen LogP contribution in [0.3, 0.4) is 0 Å². The van der Waals surface area contributed by atoms with E-state index in [-0.39, 0.29) is 0 Å². The van der Waals surface area contributed by atoms with Crippen molar-refractivity contribution in [3.63, 3.8) is 0 Å². The lowest BCUT2D eigenvalue weighted by molar-refractivity contribution is -0.00722. The molecule has 3 aliphatic heterocycles. The van der Waals surface area contributed by atoms with Gasteiger partial charge in [0, 0.05) is 44.8 Å². The lowest BCUT2D eigenvalue weighted by atomic mass is 9.87. The Balaban J connectivity index is 1.93. The molecule has 0 aromatic heterocycles. The Hall–Kier alpha value is -0.120. The third kappa shape index (κ3) is 4.94. The summed E-state index contributed by atoms with van der Waals surface area (Å²) in [4.78, 5) is 5.44. The molecular formula is C18H37N3. The monoisotopic (exact) mass is 295 g/mol. The van der Waals surface area contributed by atoms with Crippen molar-refractivity contribution in [1.29, 1.82) is 0 Å². The van der Waals surface area contributed by atoms with Crippen molar-refractivity contribution in [2.24, 2.45) is 5.92 Å². The molecule has 3 fully saturated rings. The highest BCUT2D eigenvalue weighted by Crippen LogP contribution is 2.25. The molecule has 2 bridgehead atoms. The third-order valence-electron chi connectivity index (χ3n) is 5.57. The van der Waals surface area contributed by atoms with Crippen LogP contribution in [0.15, 0.2) is 0 Å². The second-order valence-electron chi connectivity index (χ2n) is 7.12. The number of nitrogens with one attached hydrogen (secondary N) is 1. The van der Waals surface area contributed by atoms with Crippen LogP contribution in [-0.4, -0.2) is 61.2 Å². The molecule has 3 unspecified atom stereocenters. The summed E-state index contributed by atoms with van der Waals surface area (Å²) in [6.07, 6.45) is 8.14. The first kappa shape index (κ1) is 17.2. The molecule has 1 N–H and O–H groups in total.